The van der Waals surface area contributed by atoms with E-state index in [1.165, 1.54) is 18.2 Å². The summed E-state index contributed by atoms with van der Waals surface area (Å²) in [7, 11) is 0. The molecule has 0 saturated carbocycles. The Morgan fingerprint density at radius 3 is 1.90 bits per heavy atom. The van der Waals surface area contributed by atoms with Gasteiger partial charge in [-0.3, -0.25) is 9.97 Å². The third-order valence-electron chi connectivity index (χ3n) is 4.61. The zero-order valence-corrected chi connectivity index (χ0v) is 16.7. The van der Waals surface area contributed by atoms with Crippen molar-refractivity contribution < 1.29 is 10.2 Å². The summed E-state index contributed by atoms with van der Waals surface area (Å²) < 4.78 is 0. The monoisotopic (exact) mass is 411 g/mol. The summed E-state index contributed by atoms with van der Waals surface area (Å²) in [6.45, 7) is 1.28. The second kappa shape index (κ2) is 9.49. The smallest absolute Gasteiger partial charge is 0.146 e. The van der Waals surface area contributed by atoms with Gasteiger partial charge in [0.2, 0.25) is 0 Å². The number of pyridine rings is 2. The van der Waals surface area contributed by atoms with Crippen molar-refractivity contribution in [3.8, 4) is 11.5 Å². The van der Waals surface area contributed by atoms with Crippen LogP contribution in [0.1, 0.15) is 11.4 Å². The third kappa shape index (κ3) is 5.42. The van der Waals surface area contributed by atoms with Gasteiger partial charge in [-0.05, 0) is 60.7 Å². The van der Waals surface area contributed by atoms with Gasteiger partial charge < -0.3 is 15.1 Å². The fraction of sp³-hybridized carbons (Fsp3) is 0.0833. The molecule has 4 aromatic rings. The number of rotatable bonds is 7. The predicted molar refractivity (Wildman–Crippen MR) is 119 cm³/mol. The lowest BCUT2D eigenvalue weighted by atomic mass is 10.2. The van der Waals surface area contributed by atoms with E-state index < -0.39 is 0 Å². The highest BCUT2D eigenvalue weighted by Gasteiger charge is 2.10. The predicted octanol–water partition coefficient (Wildman–Crippen LogP) is 5.51. The Morgan fingerprint density at radius 1 is 0.710 bits per heavy atom. The minimum Gasteiger partial charge on any atom is -0.508 e. The van der Waals surface area contributed by atoms with Crippen LogP contribution in [0.5, 0.6) is 11.5 Å². The number of nitrogens with zero attached hydrogens (tertiary/aromatic N) is 5. The molecular formula is C24H21N5O2. The van der Waals surface area contributed by atoms with Crippen LogP contribution in [-0.2, 0) is 13.1 Å². The van der Waals surface area contributed by atoms with Gasteiger partial charge in [-0.15, -0.1) is 5.11 Å². The van der Waals surface area contributed by atoms with Crippen molar-refractivity contribution in [2.24, 2.45) is 10.2 Å². The zero-order valence-electron chi connectivity index (χ0n) is 16.7. The molecule has 0 spiro atoms. The van der Waals surface area contributed by atoms with E-state index >= 15 is 0 Å². The van der Waals surface area contributed by atoms with Crippen molar-refractivity contribution in [1.82, 2.24) is 9.97 Å². The molecule has 154 valence electrons. The molecule has 31 heavy (non-hydrogen) atoms. The first kappa shape index (κ1) is 20.0. The van der Waals surface area contributed by atoms with Crippen molar-refractivity contribution >= 4 is 17.1 Å². The molecule has 0 radical (unpaired) electrons. The average molecular weight is 411 g/mol. The molecular weight excluding hydrogens is 390 g/mol. The van der Waals surface area contributed by atoms with Crippen LogP contribution in [0.15, 0.2) is 101 Å². The summed E-state index contributed by atoms with van der Waals surface area (Å²) in [6.07, 6.45) is 3.58. The largest absolute Gasteiger partial charge is 0.508 e. The molecule has 0 bridgehead atoms. The molecule has 0 unspecified atom stereocenters. The van der Waals surface area contributed by atoms with Crippen molar-refractivity contribution in [2.45, 2.75) is 13.1 Å². The highest BCUT2D eigenvalue weighted by Crippen LogP contribution is 2.31. The molecule has 0 fully saturated rings. The molecule has 0 amide bonds. The second-order valence-corrected chi connectivity index (χ2v) is 6.89. The van der Waals surface area contributed by atoms with Crippen LogP contribution in [0.3, 0.4) is 0 Å². The van der Waals surface area contributed by atoms with Gasteiger partial charge in [-0.1, -0.05) is 12.1 Å². The molecule has 0 aliphatic heterocycles. The lowest BCUT2D eigenvalue weighted by Crippen LogP contribution is -2.23. The number of phenolic OH excluding ortho intramolecular Hbond substituents is 2. The van der Waals surface area contributed by atoms with Crippen LogP contribution in [0.25, 0.3) is 0 Å². The lowest BCUT2D eigenvalue weighted by Gasteiger charge is -2.24. The van der Waals surface area contributed by atoms with E-state index in [1.54, 1.807) is 12.4 Å². The van der Waals surface area contributed by atoms with E-state index in [0.717, 1.165) is 17.1 Å². The SMILES string of the molecule is Oc1ccc(/N=N/c2ccc(N(Cc3ccccn3)Cc3ccccn3)cc2)c(O)c1. The van der Waals surface area contributed by atoms with E-state index in [9.17, 15) is 10.2 Å². The zero-order chi connectivity index (χ0) is 21.5. The first-order chi connectivity index (χ1) is 15.2. The maximum atomic E-state index is 9.83. The molecule has 2 aromatic carbocycles. The van der Waals surface area contributed by atoms with E-state index in [2.05, 4.69) is 25.1 Å². The molecule has 2 N–H and O–H groups in total. The topological polar surface area (TPSA) is 94.2 Å². The molecule has 0 atom stereocenters. The molecule has 0 aliphatic carbocycles. The number of phenols is 2. The standard InChI is InChI=1S/C24H21N5O2/c30-22-11-12-23(24(31)15-22)28-27-18-7-9-21(10-8-18)29(16-19-5-1-3-13-25-19)17-20-6-2-4-14-26-20/h1-15,30-31H,16-17H2/b28-27+. The number of azo groups is 1. The fourth-order valence-corrected chi connectivity index (χ4v) is 3.05. The third-order valence-corrected chi connectivity index (χ3v) is 4.61. The first-order valence-corrected chi connectivity index (χ1v) is 9.76. The molecule has 7 nitrogen and oxygen atoms in total. The van der Waals surface area contributed by atoms with Gasteiger partial charge in [-0.2, -0.15) is 5.11 Å². The van der Waals surface area contributed by atoms with Crippen LogP contribution >= 0.6 is 0 Å². The fourth-order valence-electron chi connectivity index (χ4n) is 3.05. The highest BCUT2D eigenvalue weighted by molar-refractivity contribution is 5.55. The van der Waals surface area contributed by atoms with Gasteiger partial charge in [0, 0.05) is 24.1 Å². The lowest BCUT2D eigenvalue weighted by molar-refractivity contribution is 0.451. The highest BCUT2D eigenvalue weighted by atomic mass is 16.3. The van der Waals surface area contributed by atoms with Crippen LogP contribution in [-0.4, -0.2) is 20.2 Å². The summed E-state index contributed by atoms with van der Waals surface area (Å²) >= 11 is 0. The van der Waals surface area contributed by atoms with Crippen LogP contribution in [0, 0.1) is 0 Å². The number of anilines is 1. The van der Waals surface area contributed by atoms with E-state index in [1.807, 2.05) is 60.7 Å². The van der Waals surface area contributed by atoms with E-state index in [0.29, 0.717) is 18.8 Å². The van der Waals surface area contributed by atoms with Crippen LogP contribution in [0.2, 0.25) is 0 Å². The number of benzene rings is 2. The average Bonchev–Trinajstić information content (AvgIpc) is 2.80. The summed E-state index contributed by atoms with van der Waals surface area (Å²) in [5.74, 6) is -0.154. The minimum atomic E-state index is -0.128. The molecule has 0 saturated heterocycles. The Bertz CT molecular complexity index is 1110. The minimum absolute atomic E-state index is 0.0262. The van der Waals surface area contributed by atoms with E-state index in [4.69, 9.17) is 0 Å². The Morgan fingerprint density at radius 2 is 1.35 bits per heavy atom. The Balaban J connectivity index is 1.54. The van der Waals surface area contributed by atoms with Crippen molar-refractivity contribution in [1.29, 1.82) is 0 Å². The van der Waals surface area contributed by atoms with Gasteiger partial charge in [0.15, 0.2) is 0 Å². The summed E-state index contributed by atoms with van der Waals surface area (Å²) in [4.78, 5) is 11.1. The Hall–Kier alpha value is -4.26. The first-order valence-electron chi connectivity index (χ1n) is 9.76. The van der Waals surface area contributed by atoms with Crippen LogP contribution in [0.4, 0.5) is 17.1 Å². The van der Waals surface area contributed by atoms with Crippen molar-refractivity contribution in [3.05, 3.63) is 103 Å². The maximum Gasteiger partial charge on any atom is 0.146 e. The van der Waals surface area contributed by atoms with Gasteiger partial charge in [0.05, 0.1) is 30.2 Å². The second-order valence-electron chi connectivity index (χ2n) is 6.89. The number of aromatic hydroxyl groups is 2. The van der Waals surface area contributed by atoms with Gasteiger partial charge >= 0.3 is 0 Å². The summed E-state index contributed by atoms with van der Waals surface area (Å²) in [5.41, 5.74) is 3.86. The van der Waals surface area contributed by atoms with Crippen LogP contribution < -0.4 is 4.90 Å². The Labute approximate surface area is 180 Å². The summed E-state index contributed by atoms with van der Waals surface area (Å²) in [6, 6.07) is 23.6. The molecule has 0 aliphatic rings. The normalized spacial score (nSPS) is 11.0. The van der Waals surface area contributed by atoms with Crippen molar-refractivity contribution in [3.63, 3.8) is 0 Å². The number of aromatic nitrogens is 2. The molecule has 2 heterocycles. The molecule has 7 heteroatoms. The van der Waals surface area contributed by atoms with Crippen molar-refractivity contribution in [2.75, 3.05) is 4.90 Å². The maximum absolute atomic E-state index is 9.83. The summed E-state index contributed by atoms with van der Waals surface area (Å²) in [5, 5.41) is 27.4. The van der Waals surface area contributed by atoms with E-state index in [-0.39, 0.29) is 17.2 Å². The molecule has 2 aromatic heterocycles. The van der Waals surface area contributed by atoms with Gasteiger partial charge in [0.1, 0.15) is 17.2 Å². The number of hydrogen-bond acceptors (Lipinski definition) is 7. The van der Waals surface area contributed by atoms with Gasteiger partial charge in [0.25, 0.3) is 0 Å². The quantitative estimate of drug-likeness (QED) is 0.391. The Kier molecular flexibility index (Phi) is 6.13. The number of hydrogen-bond donors (Lipinski definition) is 2. The molecule has 4 rings (SSSR count). The van der Waals surface area contributed by atoms with Gasteiger partial charge in [-0.25, -0.2) is 0 Å².